The minimum atomic E-state index is -0.212. The van der Waals surface area contributed by atoms with Crippen molar-refractivity contribution in [1.29, 1.82) is 0 Å². The summed E-state index contributed by atoms with van der Waals surface area (Å²) < 4.78 is 10.2. The van der Waals surface area contributed by atoms with E-state index >= 15 is 0 Å². The van der Waals surface area contributed by atoms with Crippen LogP contribution in [0.25, 0.3) is 0 Å². The van der Waals surface area contributed by atoms with Crippen molar-refractivity contribution in [2.24, 2.45) is 0 Å². The lowest BCUT2D eigenvalue weighted by molar-refractivity contribution is -0.145. The van der Waals surface area contributed by atoms with Crippen LogP contribution in [0.4, 0.5) is 0 Å². The lowest BCUT2D eigenvalue weighted by atomic mass is 10.2. The Labute approximate surface area is 131 Å². The molecule has 118 valence electrons. The van der Waals surface area contributed by atoms with Crippen LogP contribution >= 0.6 is 11.8 Å². The van der Waals surface area contributed by atoms with Gasteiger partial charge in [-0.2, -0.15) is 0 Å². The summed E-state index contributed by atoms with van der Waals surface area (Å²) in [5, 5.41) is 3.25. The van der Waals surface area contributed by atoms with E-state index in [9.17, 15) is 4.79 Å². The van der Waals surface area contributed by atoms with Gasteiger partial charge in [0.05, 0.1) is 13.7 Å². The molecule has 0 heterocycles. The molecule has 0 saturated carbocycles. The first-order valence-corrected chi connectivity index (χ1v) is 8.36. The van der Waals surface area contributed by atoms with E-state index in [1.165, 1.54) is 4.90 Å². The van der Waals surface area contributed by atoms with Gasteiger partial charge in [-0.3, -0.25) is 4.79 Å². The van der Waals surface area contributed by atoms with Gasteiger partial charge in [-0.15, -0.1) is 11.8 Å². The molecule has 1 aromatic rings. The van der Waals surface area contributed by atoms with Crippen LogP contribution in [0.1, 0.15) is 26.7 Å². The van der Waals surface area contributed by atoms with Crippen molar-refractivity contribution >= 4 is 17.7 Å². The number of methoxy groups -OCH3 is 1. The normalized spacial score (nSPS) is 12.0. The molecule has 1 rings (SSSR count). The van der Waals surface area contributed by atoms with Crippen LogP contribution in [0.5, 0.6) is 5.75 Å². The molecule has 21 heavy (non-hydrogen) atoms. The Balaban J connectivity index is 2.42. The zero-order chi connectivity index (χ0) is 15.5. The number of carbonyl (C=O) groups excluding carboxylic acids is 1. The van der Waals surface area contributed by atoms with Crippen LogP contribution in [0.3, 0.4) is 0 Å². The first-order valence-electron chi connectivity index (χ1n) is 7.38. The quantitative estimate of drug-likeness (QED) is 0.531. The van der Waals surface area contributed by atoms with Crippen molar-refractivity contribution in [3.8, 4) is 5.75 Å². The average molecular weight is 311 g/mol. The lowest BCUT2D eigenvalue weighted by Crippen LogP contribution is -2.39. The van der Waals surface area contributed by atoms with Gasteiger partial charge >= 0.3 is 5.97 Å². The highest BCUT2D eigenvalue weighted by Crippen LogP contribution is 2.22. The van der Waals surface area contributed by atoms with Gasteiger partial charge in [-0.1, -0.05) is 6.92 Å². The molecule has 1 atom stereocenters. The average Bonchev–Trinajstić information content (AvgIpc) is 2.51. The summed E-state index contributed by atoms with van der Waals surface area (Å²) in [5.41, 5.74) is 0. The van der Waals surface area contributed by atoms with Crippen molar-refractivity contribution in [3.63, 3.8) is 0 Å². The number of ether oxygens (including phenoxy) is 2. The Morgan fingerprint density at radius 3 is 2.57 bits per heavy atom. The molecule has 5 heteroatoms. The molecule has 0 aliphatic heterocycles. The summed E-state index contributed by atoms with van der Waals surface area (Å²) in [6.45, 7) is 5.17. The van der Waals surface area contributed by atoms with E-state index in [4.69, 9.17) is 9.47 Å². The van der Waals surface area contributed by atoms with E-state index in [1.807, 2.05) is 31.2 Å². The molecule has 1 aromatic carbocycles. The summed E-state index contributed by atoms with van der Waals surface area (Å²) in [5.74, 6) is 1.57. The van der Waals surface area contributed by atoms with Gasteiger partial charge in [-0.05, 0) is 50.6 Å². The topological polar surface area (TPSA) is 47.6 Å². The highest BCUT2D eigenvalue weighted by Gasteiger charge is 2.18. The number of thioether (sulfide) groups is 1. The van der Waals surface area contributed by atoms with Gasteiger partial charge in [0.15, 0.2) is 0 Å². The summed E-state index contributed by atoms with van der Waals surface area (Å²) in [7, 11) is 1.66. The fourth-order valence-corrected chi connectivity index (χ4v) is 2.75. The van der Waals surface area contributed by atoms with E-state index in [1.54, 1.807) is 18.9 Å². The first kappa shape index (κ1) is 17.9. The van der Waals surface area contributed by atoms with Crippen molar-refractivity contribution in [2.45, 2.75) is 37.6 Å². The molecular weight excluding hydrogens is 286 g/mol. The summed E-state index contributed by atoms with van der Waals surface area (Å²) in [4.78, 5) is 13.0. The van der Waals surface area contributed by atoms with E-state index in [0.29, 0.717) is 6.61 Å². The Bertz CT molecular complexity index is 408. The van der Waals surface area contributed by atoms with Crippen LogP contribution in [-0.4, -0.2) is 38.0 Å². The molecular formula is C16H25NO3S. The van der Waals surface area contributed by atoms with Gasteiger partial charge in [0.25, 0.3) is 0 Å². The lowest BCUT2D eigenvalue weighted by Gasteiger charge is -2.16. The van der Waals surface area contributed by atoms with Crippen LogP contribution in [-0.2, 0) is 9.53 Å². The van der Waals surface area contributed by atoms with Gasteiger partial charge in [-0.25, -0.2) is 0 Å². The summed E-state index contributed by atoms with van der Waals surface area (Å²) in [6.07, 6.45) is 1.76. The minimum Gasteiger partial charge on any atom is -0.497 e. The molecule has 0 amide bonds. The fourth-order valence-electron chi connectivity index (χ4n) is 1.83. The Hall–Kier alpha value is -1.20. The Morgan fingerprint density at radius 2 is 2.00 bits per heavy atom. The van der Waals surface area contributed by atoms with E-state index in [2.05, 4.69) is 12.2 Å². The maximum absolute atomic E-state index is 11.9. The van der Waals surface area contributed by atoms with E-state index < -0.39 is 0 Å². The second-order valence-electron chi connectivity index (χ2n) is 4.57. The zero-order valence-electron chi connectivity index (χ0n) is 13.1. The summed E-state index contributed by atoms with van der Waals surface area (Å²) in [6, 6.07) is 7.74. The molecule has 4 nitrogen and oxygen atoms in total. The maximum Gasteiger partial charge on any atom is 0.323 e. The van der Waals surface area contributed by atoms with Crippen LogP contribution < -0.4 is 10.1 Å². The number of rotatable bonds is 10. The monoisotopic (exact) mass is 311 g/mol. The molecule has 0 radical (unpaired) electrons. The number of nitrogens with one attached hydrogen (secondary N) is 1. The van der Waals surface area contributed by atoms with Crippen molar-refractivity contribution in [3.05, 3.63) is 24.3 Å². The largest absolute Gasteiger partial charge is 0.497 e. The SMILES string of the molecule is CCCNC(CCSc1ccc(OC)cc1)C(=O)OCC. The zero-order valence-corrected chi connectivity index (χ0v) is 13.9. The molecule has 1 N–H and O–H groups in total. The molecule has 1 unspecified atom stereocenters. The minimum absolute atomic E-state index is 0.152. The van der Waals surface area contributed by atoms with Crippen LogP contribution in [0, 0.1) is 0 Å². The molecule has 0 aromatic heterocycles. The standard InChI is InChI=1S/C16H25NO3S/c1-4-11-17-15(16(18)20-5-2)10-12-21-14-8-6-13(19-3)7-9-14/h6-9,15,17H,4-5,10-12H2,1-3H3. The number of hydrogen-bond acceptors (Lipinski definition) is 5. The number of hydrogen-bond donors (Lipinski definition) is 1. The molecule has 0 aliphatic rings. The Morgan fingerprint density at radius 1 is 1.29 bits per heavy atom. The van der Waals surface area contributed by atoms with Crippen molar-refractivity contribution in [1.82, 2.24) is 5.32 Å². The molecule has 0 fully saturated rings. The molecule has 0 bridgehead atoms. The van der Waals surface area contributed by atoms with Crippen LogP contribution in [0.2, 0.25) is 0 Å². The number of benzene rings is 1. The number of esters is 1. The van der Waals surface area contributed by atoms with Gasteiger partial charge in [0.2, 0.25) is 0 Å². The second kappa shape index (κ2) is 10.5. The second-order valence-corrected chi connectivity index (χ2v) is 5.74. The fraction of sp³-hybridized carbons (Fsp3) is 0.562. The van der Waals surface area contributed by atoms with Crippen molar-refractivity contribution in [2.75, 3.05) is 26.0 Å². The first-order chi connectivity index (χ1) is 10.2. The maximum atomic E-state index is 11.9. The van der Waals surface area contributed by atoms with Crippen molar-refractivity contribution < 1.29 is 14.3 Å². The van der Waals surface area contributed by atoms with E-state index in [-0.39, 0.29) is 12.0 Å². The molecule has 0 spiro atoms. The van der Waals surface area contributed by atoms with E-state index in [0.717, 1.165) is 30.9 Å². The smallest absolute Gasteiger partial charge is 0.323 e. The highest BCUT2D eigenvalue weighted by molar-refractivity contribution is 7.99. The molecule has 0 saturated heterocycles. The van der Waals surface area contributed by atoms with Gasteiger partial charge in [0, 0.05) is 10.6 Å². The third-order valence-electron chi connectivity index (χ3n) is 2.95. The molecule has 0 aliphatic carbocycles. The third kappa shape index (κ3) is 6.87. The Kier molecular flexibility index (Phi) is 8.94. The summed E-state index contributed by atoms with van der Waals surface area (Å²) >= 11 is 1.73. The predicted octanol–water partition coefficient (Wildman–Crippen LogP) is 3.11. The predicted molar refractivity (Wildman–Crippen MR) is 87.0 cm³/mol. The van der Waals surface area contributed by atoms with Crippen LogP contribution in [0.15, 0.2) is 29.2 Å². The highest BCUT2D eigenvalue weighted by atomic mass is 32.2. The number of carbonyl (C=O) groups is 1. The van der Waals surface area contributed by atoms with Gasteiger partial charge < -0.3 is 14.8 Å². The third-order valence-corrected chi connectivity index (χ3v) is 3.99. The van der Waals surface area contributed by atoms with Gasteiger partial charge in [0.1, 0.15) is 11.8 Å².